The fourth-order valence-corrected chi connectivity index (χ4v) is 2.00. The summed E-state index contributed by atoms with van der Waals surface area (Å²) >= 11 is 5.81. The third-order valence-electron chi connectivity index (χ3n) is 2.80. The molecular weight excluding hydrogens is 329 g/mol. The Morgan fingerprint density at radius 2 is 2.09 bits per heavy atom. The van der Waals surface area contributed by atoms with Gasteiger partial charge in [-0.15, -0.1) is 0 Å². The van der Waals surface area contributed by atoms with E-state index in [0.717, 1.165) is 18.0 Å². The Bertz CT molecular complexity index is 745. The molecule has 11 heteroatoms. The summed E-state index contributed by atoms with van der Waals surface area (Å²) in [6, 6.07) is 0.635. The number of alkyl halides is 3. The Morgan fingerprint density at radius 3 is 2.55 bits per heavy atom. The predicted molar refractivity (Wildman–Crippen MR) is 69.3 cm³/mol. The van der Waals surface area contributed by atoms with E-state index in [9.17, 15) is 23.3 Å². The van der Waals surface area contributed by atoms with Crippen molar-refractivity contribution >= 4 is 17.3 Å². The maximum atomic E-state index is 12.8. The summed E-state index contributed by atoms with van der Waals surface area (Å²) < 4.78 is 44.1. The van der Waals surface area contributed by atoms with Crippen molar-refractivity contribution in [3.8, 4) is 11.7 Å². The largest absolute Gasteiger partial charge is 0.481 e. The van der Waals surface area contributed by atoms with E-state index in [1.165, 1.54) is 6.92 Å². The quantitative estimate of drug-likeness (QED) is 0.635. The van der Waals surface area contributed by atoms with Crippen LogP contribution in [0.15, 0.2) is 12.3 Å². The van der Waals surface area contributed by atoms with Crippen LogP contribution in [0, 0.1) is 17.0 Å². The SMILES string of the molecule is COc1nc(-n2ncc([N+](=O)[O-])c2C)c(Cl)cc1C(F)(F)F. The first-order chi connectivity index (χ1) is 10.2. The number of hydrogen-bond donors (Lipinski definition) is 0. The van der Waals surface area contributed by atoms with Crippen molar-refractivity contribution in [3.05, 3.63) is 38.7 Å². The van der Waals surface area contributed by atoms with Crippen molar-refractivity contribution in [3.63, 3.8) is 0 Å². The van der Waals surface area contributed by atoms with Gasteiger partial charge in [-0.05, 0) is 13.0 Å². The molecule has 0 spiro atoms. The second-order valence-electron chi connectivity index (χ2n) is 4.13. The molecule has 0 aliphatic carbocycles. The zero-order valence-corrected chi connectivity index (χ0v) is 11.9. The molecule has 0 aliphatic rings. The molecule has 0 N–H and O–H groups in total. The lowest BCUT2D eigenvalue weighted by molar-refractivity contribution is -0.385. The van der Waals surface area contributed by atoms with Gasteiger partial charge in [0.15, 0.2) is 5.82 Å². The van der Waals surface area contributed by atoms with Gasteiger partial charge in [-0.3, -0.25) is 10.1 Å². The van der Waals surface area contributed by atoms with Gasteiger partial charge in [0.05, 0.1) is 17.1 Å². The maximum absolute atomic E-state index is 12.8. The molecule has 0 aliphatic heterocycles. The van der Waals surface area contributed by atoms with E-state index in [0.29, 0.717) is 6.07 Å². The van der Waals surface area contributed by atoms with Crippen LogP contribution in [0.4, 0.5) is 18.9 Å². The molecule has 0 fully saturated rings. The average molecular weight is 337 g/mol. The highest BCUT2D eigenvalue weighted by Crippen LogP contribution is 2.38. The van der Waals surface area contributed by atoms with Crippen molar-refractivity contribution in [2.24, 2.45) is 0 Å². The molecule has 0 saturated carbocycles. The number of nitrogens with zero attached hydrogens (tertiary/aromatic N) is 4. The van der Waals surface area contributed by atoms with Crippen molar-refractivity contribution in [2.45, 2.75) is 13.1 Å². The van der Waals surface area contributed by atoms with Gasteiger partial charge in [0.1, 0.15) is 17.5 Å². The van der Waals surface area contributed by atoms with Crippen LogP contribution < -0.4 is 4.74 Å². The van der Waals surface area contributed by atoms with Crippen LogP contribution in [0.25, 0.3) is 5.82 Å². The zero-order chi connectivity index (χ0) is 16.7. The van der Waals surface area contributed by atoms with Gasteiger partial charge >= 0.3 is 11.9 Å². The Labute approximate surface area is 126 Å². The fraction of sp³-hybridized carbons (Fsp3) is 0.273. The highest BCUT2D eigenvalue weighted by Gasteiger charge is 2.36. The van der Waals surface area contributed by atoms with Crippen molar-refractivity contribution in [1.82, 2.24) is 14.8 Å². The molecule has 2 aromatic heterocycles. The minimum absolute atomic E-state index is 0.0706. The molecule has 0 unspecified atom stereocenters. The second-order valence-corrected chi connectivity index (χ2v) is 4.54. The zero-order valence-electron chi connectivity index (χ0n) is 11.2. The Kier molecular flexibility index (Phi) is 3.96. The first-order valence-corrected chi connectivity index (χ1v) is 6.05. The highest BCUT2D eigenvalue weighted by atomic mass is 35.5. The molecule has 0 aromatic carbocycles. The van der Waals surface area contributed by atoms with Crippen molar-refractivity contribution in [2.75, 3.05) is 7.11 Å². The lowest BCUT2D eigenvalue weighted by atomic mass is 10.2. The number of pyridine rings is 1. The minimum atomic E-state index is -4.70. The number of aromatic nitrogens is 3. The Balaban J connectivity index is 2.65. The Morgan fingerprint density at radius 1 is 1.45 bits per heavy atom. The molecular formula is C11H8ClF3N4O3. The summed E-state index contributed by atoms with van der Waals surface area (Å²) in [5.74, 6) is -0.901. The molecule has 2 rings (SSSR count). The summed E-state index contributed by atoms with van der Waals surface area (Å²) in [6.45, 7) is 1.37. The molecule has 2 aromatic rings. The van der Waals surface area contributed by atoms with E-state index in [1.54, 1.807) is 0 Å². The molecule has 0 atom stereocenters. The van der Waals surface area contributed by atoms with Gasteiger partial charge in [-0.1, -0.05) is 11.6 Å². The second kappa shape index (κ2) is 5.44. The molecule has 0 amide bonds. The predicted octanol–water partition coefficient (Wildman–Crippen LogP) is 3.16. The van der Waals surface area contributed by atoms with E-state index >= 15 is 0 Å². The summed E-state index contributed by atoms with van der Waals surface area (Å²) in [7, 11) is 1.02. The van der Waals surface area contributed by atoms with Crippen LogP contribution in [0.5, 0.6) is 5.88 Å². The first kappa shape index (κ1) is 16.0. The van der Waals surface area contributed by atoms with Crippen LogP contribution in [0.2, 0.25) is 5.02 Å². The van der Waals surface area contributed by atoms with Gasteiger partial charge in [0, 0.05) is 0 Å². The number of ether oxygens (including phenoxy) is 1. The summed E-state index contributed by atoms with van der Waals surface area (Å²) in [4.78, 5) is 13.8. The molecule has 0 bridgehead atoms. The van der Waals surface area contributed by atoms with E-state index in [4.69, 9.17) is 11.6 Å². The van der Waals surface area contributed by atoms with Crippen LogP contribution in [0.3, 0.4) is 0 Å². The van der Waals surface area contributed by atoms with Crippen molar-refractivity contribution < 1.29 is 22.8 Å². The van der Waals surface area contributed by atoms with Crippen LogP contribution in [-0.2, 0) is 6.18 Å². The molecule has 2 heterocycles. The van der Waals surface area contributed by atoms with E-state index in [1.807, 2.05) is 0 Å². The molecule has 22 heavy (non-hydrogen) atoms. The van der Waals surface area contributed by atoms with Crippen LogP contribution in [-0.4, -0.2) is 26.8 Å². The summed E-state index contributed by atoms with van der Waals surface area (Å²) in [5, 5.41) is 14.1. The molecule has 7 nitrogen and oxygen atoms in total. The Hall–Kier alpha value is -2.36. The number of methoxy groups -OCH3 is 1. The summed E-state index contributed by atoms with van der Waals surface area (Å²) in [5.41, 5.74) is -1.39. The fourth-order valence-electron chi connectivity index (χ4n) is 1.76. The third kappa shape index (κ3) is 2.69. The number of hydrogen-bond acceptors (Lipinski definition) is 5. The molecule has 118 valence electrons. The van der Waals surface area contributed by atoms with Gasteiger partial charge in [0.2, 0.25) is 5.88 Å². The molecule has 0 saturated heterocycles. The third-order valence-corrected chi connectivity index (χ3v) is 3.08. The number of halogens is 4. The lowest BCUT2D eigenvalue weighted by Crippen LogP contribution is -2.12. The van der Waals surface area contributed by atoms with E-state index < -0.39 is 22.5 Å². The lowest BCUT2D eigenvalue weighted by Gasteiger charge is -2.14. The van der Waals surface area contributed by atoms with Crippen LogP contribution in [0.1, 0.15) is 11.3 Å². The van der Waals surface area contributed by atoms with E-state index in [-0.39, 0.29) is 22.2 Å². The van der Waals surface area contributed by atoms with Gasteiger partial charge < -0.3 is 4.74 Å². The number of rotatable bonds is 3. The first-order valence-electron chi connectivity index (χ1n) is 5.68. The summed E-state index contributed by atoms with van der Waals surface area (Å²) in [6.07, 6.45) is -3.75. The topological polar surface area (TPSA) is 83.1 Å². The van der Waals surface area contributed by atoms with Gasteiger partial charge in [-0.2, -0.15) is 23.3 Å². The van der Waals surface area contributed by atoms with Crippen LogP contribution >= 0.6 is 11.6 Å². The molecule has 0 radical (unpaired) electrons. The van der Waals surface area contributed by atoms with E-state index in [2.05, 4.69) is 14.8 Å². The number of nitro groups is 1. The van der Waals surface area contributed by atoms with Gasteiger partial charge in [-0.25, -0.2) is 4.68 Å². The maximum Gasteiger partial charge on any atom is 0.421 e. The average Bonchev–Trinajstić information content (AvgIpc) is 2.79. The minimum Gasteiger partial charge on any atom is -0.481 e. The highest BCUT2D eigenvalue weighted by molar-refractivity contribution is 6.32. The smallest absolute Gasteiger partial charge is 0.421 e. The monoisotopic (exact) mass is 336 g/mol. The van der Waals surface area contributed by atoms with Crippen molar-refractivity contribution in [1.29, 1.82) is 0 Å². The normalized spacial score (nSPS) is 11.5. The van der Waals surface area contributed by atoms with Gasteiger partial charge in [0.25, 0.3) is 0 Å². The standard InChI is InChI=1S/C11H8ClF3N4O3/c1-5-8(19(20)21)4-16-18(5)9-7(12)3-6(11(13,14)15)10(17-9)22-2/h3-4H,1-2H3.